The van der Waals surface area contributed by atoms with E-state index in [9.17, 15) is 19.1 Å². The molecule has 9 heteroatoms. The first-order valence-corrected chi connectivity index (χ1v) is 8.88. The Bertz CT molecular complexity index is 1080. The summed E-state index contributed by atoms with van der Waals surface area (Å²) in [6, 6.07) is 13.6. The molecule has 1 amide bonds. The first-order chi connectivity index (χ1) is 14.1. The van der Waals surface area contributed by atoms with Gasteiger partial charge in [-0.3, -0.25) is 4.79 Å². The van der Waals surface area contributed by atoms with Gasteiger partial charge in [0.2, 0.25) is 0 Å². The van der Waals surface area contributed by atoms with Gasteiger partial charge in [-0.1, -0.05) is 0 Å². The molecule has 30 heavy (non-hydrogen) atoms. The molecule has 0 saturated heterocycles. The van der Waals surface area contributed by atoms with Crippen molar-refractivity contribution in [1.82, 2.24) is 9.97 Å². The maximum Gasteiger partial charge on any atom is 0.328 e. The van der Waals surface area contributed by atoms with Gasteiger partial charge in [-0.2, -0.15) is 0 Å². The molecule has 0 radical (unpaired) electrons. The molecule has 0 aliphatic rings. The van der Waals surface area contributed by atoms with Gasteiger partial charge in [0.15, 0.2) is 5.82 Å². The monoisotopic (exact) mass is 410 g/mol. The summed E-state index contributed by atoms with van der Waals surface area (Å²) in [6.07, 6.45) is 0. The van der Waals surface area contributed by atoms with Crippen molar-refractivity contribution in [2.75, 3.05) is 5.32 Å². The van der Waals surface area contributed by atoms with Crippen molar-refractivity contribution in [2.24, 2.45) is 5.73 Å². The summed E-state index contributed by atoms with van der Waals surface area (Å²) in [6.45, 7) is 2.92. The van der Waals surface area contributed by atoms with Gasteiger partial charge in [0.25, 0.3) is 5.91 Å². The van der Waals surface area contributed by atoms with E-state index in [1.54, 1.807) is 24.3 Å². The first-order valence-electron chi connectivity index (χ1n) is 8.88. The van der Waals surface area contributed by atoms with Gasteiger partial charge in [-0.05, 0) is 62.4 Å². The lowest BCUT2D eigenvalue weighted by Gasteiger charge is -2.22. The fraction of sp³-hybridized carbons (Fsp3) is 0.143. The summed E-state index contributed by atoms with van der Waals surface area (Å²) in [7, 11) is 0. The Morgan fingerprint density at radius 1 is 1.03 bits per heavy atom. The average molecular weight is 410 g/mol. The van der Waals surface area contributed by atoms with Crippen LogP contribution in [0.4, 0.5) is 10.2 Å². The minimum Gasteiger partial charge on any atom is -0.480 e. The number of nitrogens with zero attached hydrogens (tertiary/aromatic N) is 2. The van der Waals surface area contributed by atoms with E-state index >= 15 is 0 Å². The lowest BCUT2D eigenvalue weighted by Crippen LogP contribution is -2.40. The zero-order valence-corrected chi connectivity index (χ0v) is 16.2. The van der Waals surface area contributed by atoms with Crippen LogP contribution in [0, 0.1) is 5.82 Å². The summed E-state index contributed by atoms with van der Waals surface area (Å²) >= 11 is 0. The van der Waals surface area contributed by atoms with Crippen molar-refractivity contribution in [2.45, 2.75) is 19.4 Å². The number of carbonyl (C=O) groups excluding carboxylic acids is 1. The predicted octanol–water partition coefficient (Wildman–Crippen LogP) is 3.45. The Hall–Kier alpha value is -4.01. The second-order valence-electron chi connectivity index (χ2n) is 6.96. The number of carboxylic acids is 1. The lowest BCUT2D eigenvalue weighted by molar-refractivity contribution is -0.141. The number of nitrogens with one attached hydrogen (secondary N) is 1. The Kier molecular flexibility index (Phi) is 5.63. The van der Waals surface area contributed by atoms with E-state index in [0.29, 0.717) is 17.1 Å². The van der Waals surface area contributed by atoms with Crippen LogP contribution in [0.1, 0.15) is 24.3 Å². The van der Waals surface area contributed by atoms with Gasteiger partial charge in [0.05, 0.1) is 0 Å². The number of anilines is 1. The third-order valence-electron chi connectivity index (χ3n) is 4.12. The smallest absolute Gasteiger partial charge is 0.328 e. The molecule has 0 bridgehead atoms. The highest BCUT2D eigenvalue weighted by Crippen LogP contribution is 2.26. The van der Waals surface area contributed by atoms with Crippen LogP contribution in [0.15, 0.2) is 54.6 Å². The van der Waals surface area contributed by atoms with E-state index in [2.05, 4.69) is 15.3 Å². The molecule has 4 N–H and O–H groups in total. The minimum atomic E-state index is -1.33. The second kappa shape index (κ2) is 8.16. The molecule has 0 saturated carbocycles. The number of hydrogen-bond acceptors (Lipinski definition) is 6. The van der Waals surface area contributed by atoms with Crippen molar-refractivity contribution >= 4 is 17.7 Å². The third kappa shape index (κ3) is 4.88. The molecule has 8 nitrogen and oxygen atoms in total. The number of hydrogen-bond donors (Lipinski definition) is 3. The SMILES string of the molecule is CC(C)(Nc1cc(C(N)=O)nc(-c2ccc(Oc3ccc(F)cc3)cc2)n1)C(=O)O. The topological polar surface area (TPSA) is 127 Å². The van der Waals surface area contributed by atoms with Gasteiger partial charge >= 0.3 is 5.97 Å². The molecule has 0 spiro atoms. The summed E-state index contributed by atoms with van der Waals surface area (Å²) in [5, 5.41) is 12.1. The van der Waals surface area contributed by atoms with Crippen molar-refractivity contribution in [3.8, 4) is 22.9 Å². The highest BCUT2D eigenvalue weighted by Gasteiger charge is 2.27. The normalized spacial score (nSPS) is 11.0. The van der Waals surface area contributed by atoms with Crippen LogP contribution in [0.2, 0.25) is 0 Å². The lowest BCUT2D eigenvalue weighted by atomic mass is 10.1. The quantitative estimate of drug-likeness (QED) is 0.544. The number of primary amides is 1. The molecule has 1 heterocycles. The average Bonchev–Trinajstić information content (AvgIpc) is 2.69. The number of rotatable bonds is 7. The second-order valence-corrected chi connectivity index (χ2v) is 6.96. The molecule has 0 aliphatic heterocycles. The summed E-state index contributed by atoms with van der Waals surface area (Å²) < 4.78 is 18.6. The van der Waals surface area contributed by atoms with E-state index in [1.807, 2.05) is 0 Å². The number of carbonyl (C=O) groups is 2. The van der Waals surface area contributed by atoms with Crippen molar-refractivity contribution < 1.29 is 23.8 Å². The van der Waals surface area contributed by atoms with E-state index < -0.39 is 17.4 Å². The maximum absolute atomic E-state index is 13.0. The predicted molar refractivity (Wildman–Crippen MR) is 108 cm³/mol. The summed E-state index contributed by atoms with van der Waals surface area (Å²) in [5.74, 6) is -0.923. The Labute approximate surface area is 171 Å². The van der Waals surface area contributed by atoms with Crippen molar-refractivity contribution in [3.05, 3.63) is 66.1 Å². The zero-order chi connectivity index (χ0) is 21.9. The van der Waals surface area contributed by atoms with Crippen LogP contribution in [0.5, 0.6) is 11.5 Å². The van der Waals surface area contributed by atoms with E-state index in [0.717, 1.165) is 0 Å². The molecule has 3 aromatic rings. The highest BCUT2D eigenvalue weighted by atomic mass is 19.1. The fourth-order valence-electron chi connectivity index (χ4n) is 2.45. The van der Waals surface area contributed by atoms with Gasteiger partial charge in [0, 0.05) is 11.6 Å². The number of halogens is 1. The first kappa shape index (κ1) is 20.7. The number of carboxylic acid groups (broad SMARTS) is 1. The largest absolute Gasteiger partial charge is 0.480 e. The number of amides is 1. The van der Waals surface area contributed by atoms with E-state index in [-0.39, 0.29) is 23.2 Å². The standard InChI is InChI=1S/C21H19FN4O4/c1-21(2,20(28)29)26-17-11-16(18(23)27)24-19(25-17)12-3-7-14(8-4-12)30-15-9-5-13(22)6-10-15/h3-11H,1-2H3,(H2,23,27)(H,28,29)(H,24,25,26). The number of nitrogens with two attached hydrogens (primary N) is 1. The molecule has 0 atom stereocenters. The number of aliphatic carboxylic acids is 1. The van der Waals surface area contributed by atoms with Crippen LogP contribution in [-0.2, 0) is 4.79 Å². The third-order valence-corrected chi connectivity index (χ3v) is 4.12. The summed E-state index contributed by atoms with van der Waals surface area (Å²) in [4.78, 5) is 31.5. The Morgan fingerprint density at radius 3 is 2.13 bits per heavy atom. The highest BCUT2D eigenvalue weighted by molar-refractivity contribution is 5.92. The Morgan fingerprint density at radius 2 is 1.60 bits per heavy atom. The molecule has 0 aliphatic carbocycles. The van der Waals surface area contributed by atoms with E-state index in [1.165, 1.54) is 44.2 Å². The molecule has 1 aromatic heterocycles. The van der Waals surface area contributed by atoms with Crippen LogP contribution >= 0.6 is 0 Å². The molecule has 2 aromatic carbocycles. The van der Waals surface area contributed by atoms with Gasteiger partial charge < -0.3 is 20.9 Å². The number of benzene rings is 2. The van der Waals surface area contributed by atoms with Crippen LogP contribution in [0.3, 0.4) is 0 Å². The van der Waals surface area contributed by atoms with Gasteiger partial charge in [0.1, 0.15) is 34.4 Å². The van der Waals surface area contributed by atoms with Crippen molar-refractivity contribution in [1.29, 1.82) is 0 Å². The van der Waals surface area contributed by atoms with Crippen LogP contribution in [-0.4, -0.2) is 32.5 Å². The van der Waals surface area contributed by atoms with Gasteiger partial charge in [-0.15, -0.1) is 0 Å². The van der Waals surface area contributed by atoms with Crippen molar-refractivity contribution in [3.63, 3.8) is 0 Å². The summed E-state index contributed by atoms with van der Waals surface area (Å²) in [5.41, 5.74) is 4.52. The Balaban J connectivity index is 1.89. The van der Waals surface area contributed by atoms with Crippen LogP contribution in [0.25, 0.3) is 11.4 Å². The maximum atomic E-state index is 13.0. The molecule has 0 unspecified atom stereocenters. The van der Waals surface area contributed by atoms with Gasteiger partial charge in [-0.25, -0.2) is 19.2 Å². The molecular weight excluding hydrogens is 391 g/mol. The molecule has 154 valence electrons. The fourth-order valence-corrected chi connectivity index (χ4v) is 2.45. The molecular formula is C21H19FN4O4. The number of ether oxygens (including phenoxy) is 1. The number of aromatic nitrogens is 2. The molecule has 0 fully saturated rings. The van der Waals surface area contributed by atoms with Crippen LogP contribution < -0.4 is 15.8 Å². The minimum absolute atomic E-state index is 0.0599. The molecule has 3 rings (SSSR count). The van der Waals surface area contributed by atoms with E-state index in [4.69, 9.17) is 10.5 Å². The zero-order valence-electron chi connectivity index (χ0n) is 16.2.